The number of benzene rings is 1. The monoisotopic (exact) mass is 291 g/mol. The Bertz CT molecular complexity index is 525. The number of aryl methyl sites for hydroxylation is 1. The zero-order valence-corrected chi connectivity index (χ0v) is 12.1. The first-order chi connectivity index (χ1) is 10.0. The first-order valence-electron chi connectivity index (χ1n) is 7.14. The number of anilines is 1. The highest BCUT2D eigenvalue weighted by atomic mass is 16.5. The highest BCUT2D eigenvalue weighted by molar-refractivity contribution is 5.95. The lowest BCUT2D eigenvalue weighted by Crippen LogP contribution is -2.45. The molecular weight excluding hydrogens is 270 g/mol. The molecule has 0 aromatic heterocycles. The lowest BCUT2D eigenvalue weighted by molar-refractivity contribution is -0.122. The largest absolute Gasteiger partial charge is 0.483 e. The maximum absolute atomic E-state index is 11.7. The second kappa shape index (κ2) is 6.97. The lowest BCUT2D eigenvalue weighted by atomic mass is 10.2. The molecule has 0 atom stereocenters. The smallest absolute Gasteiger partial charge is 0.321 e. The third kappa shape index (κ3) is 4.66. The summed E-state index contributed by atoms with van der Waals surface area (Å²) < 4.78 is 5.38. The van der Waals surface area contributed by atoms with Gasteiger partial charge in [-0.2, -0.15) is 0 Å². The molecule has 0 radical (unpaired) electrons. The molecule has 6 nitrogen and oxygen atoms in total. The van der Waals surface area contributed by atoms with Gasteiger partial charge in [-0.25, -0.2) is 4.79 Å². The van der Waals surface area contributed by atoms with Gasteiger partial charge in [-0.15, -0.1) is 0 Å². The van der Waals surface area contributed by atoms with Crippen molar-refractivity contribution in [3.63, 3.8) is 0 Å². The van der Waals surface area contributed by atoms with Crippen molar-refractivity contribution in [2.24, 2.45) is 0 Å². The van der Waals surface area contributed by atoms with Gasteiger partial charge in [0.25, 0.3) is 5.91 Å². The zero-order chi connectivity index (χ0) is 15.2. The van der Waals surface area contributed by atoms with E-state index in [-0.39, 0.29) is 12.6 Å². The quantitative estimate of drug-likeness (QED) is 0.736. The number of rotatable bonds is 4. The zero-order valence-electron chi connectivity index (χ0n) is 12.1. The average Bonchev–Trinajstić information content (AvgIpc) is 2.90. The number of carbonyl (C=O) groups is 2. The first kappa shape index (κ1) is 15.2. The molecule has 1 aliphatic carbocycles. The number of carbonyl (C=O) groups excluding carboxylic acids is 2. The van der Waals surface area contributed by atoms with E-state index in [1.54, 1.807) is 18.2 Å². The van der Waals surface area contributed by atoms with Crippen molar-refractivity contribution >= 4 is 17.6 Å². The summed E-state index contributed by atoms with van der Waals surface area (Å²) in [6.07, 6.45) is 4.20. The van der Waals surface area contributed by atoms with Crippen LogP contribution >= 0.6 is 0 Å². The Morgan fingerprint density at radius 2 is 2.05 bits per heavy atom. The Morgan fingerprint density at radius 3 is 2.71 bits per heavy atom. The van der Waals surface area contributed by atoms with Crippen molar-refractivity contribution in [1.29, 1.82) is 0 Å². The van der Waals surface area contributed by atoms with Crippen LogP contribution in [0, 0.1) is 6.92 Å². The molecule has 1 fully saturated rings. The predicted molar refractivity (Wildman–Crippen MR) is 80.0 cm³/mol. The third-order valence-corrected chi connectivity index (χ3v) is 3.50. The number of hydrogen-bond donors (Lipinski definition) is 3. The summed E-state index contributed by atoms with van der Waals surface area (Å²) in [7, 11) is 0. The summed E-state index contributed by atoms with van der Waals surface area (Å²) >= 11 is 0. The minimum absolute atomic E-state index is 0.179. The lowest BCUT2D eigenvalue weighted by Gasteiger charge is -2.13. The van der Waals surface area contributed by atoms with Crippen molar-refractivity contribution in [2.75, 3.05) is 12.3 Å². The maximum atomic E-state index is 11.7. The van der Waals surface area contributed by atoms with E-state index in [0.717, 1.165) is 31.2 Å². The van der Waals surface area contributed by atoms with Crippen molar-refractivity contribution < 1.29 is 14.3 Å². The Kier molecular flexibility index (Phi) is 5.03. The second-order valence-electron chi connectivity index (χ2n) is 5.32. The van der Waals surface area contributed by atoms with Crippen LogP contribution in [0.5, 0.6) is 5.75 Å². The molecule has 3 amide bonds. The van der Waals surface area contributed by atoms with Crippen LogP contribution in [0.4, 0.5) is 10.5 Å². The molecule has 1 saturated carbocycles. The molecule has 0 unspecified atom stereocenters. The summed E-state index contributed by atoms with van der Waals surface area (Å²) in [4.78, 5) is 23.3. The van der Waals surface area contributed by atoms with Gasteiger partial charge in [0.15, 0.2) is 6.61 Å². The van der Waals surface area contributed by atoms with Crippen LogP contribution in [-0.4, -0.2) is 24.6 Å². The number of ether oxygens (including phenoxy) is 1. The van der Waals surface area contributed by atoms with Crippen LogP contribution in [0.3, 0.4) is 0 Å². The maximum Gasteiger partial charge on any atom is 0.321 e. The van der Waals surface area contributed by atoms with Gasteiger partial charge >= 0.3 is 6.03 Å². The van der Waals surface area contributed by atoms with Crippen molar-refractivity contribution in [1.82, 2.24) is 10.6 Å². The van der Waals surface area contributed by atoms with Crippen LogP contribution in [0.1, 0.15) is 31.2 Å². The fourth-order valence-electron chi connectivity index (χ4n) is 2.43. The molecular formula is C15H21N3O3. The van der Waals surface area contributed by atoms with E-state index in [4.69, 9.17) is 10.5 Å². The van der Waals surface area contributed by atoms with Gasteiger partial charge < -0.3 is 15.8 Å². The van der Waals surface area contributed by atoms with Crippen molar-refractivity contribution in [3.05, 3.63) is 23.8 Å². The molecule has 6 heteroatoms. The molecule has 0 aliphatic heterocycles. The minimum Gasteiger partial charge on any atom is -0.483 e. The molecule has 0 saturated heterocycles. The van der Waals surface area contributed by atoms with Crippen LogP contribution < -0.4 is 21.1 Å². The summed E-state index contributed by atoms with van der Waals surface area (Å²) in [5.41, 5.74) is 7.12. The highest BCUT2D eigenvalue weighted by Gasteiger charge is 2.18. The second-order valence-corrected chi connectivity index (χ2v) is 5.32. The fraction of sp³-hybridized carbons (Fsp3) is 0.467. The standard InChI is InChI=1S/C15H21N3O3/c1-10-8-11(16)6-7-13(10)21-9-14(19)18-15(20)17-12-4-2-3-5-12/h6-8,12H,2-5,9,16H2,1H3,(H2,17,18,19,20). The van der Waals surface area contributed by atoms with E-state index in [1.165, 1.54) is 0 Å². The van der Waals surface area contributed by atoms with E-state index in [1.807, 2.05) is 6.92 Å². The van der Waals surface area contributed by atoms with E-state index in [9.17, 15) is 9.59 Å². The van der Waals surface area contributed by atoms with Gasteiger partial charge in [0.1, 0.15) is 5.75 Å². The van der Waals surface area contributed by atoms with Gasteiger partial charge in [0, 0.05) is 11.7 Å². The molecule has 1 aliphatic rings. The molecule has 0 heterocycles. The van der Waals surface area contributed by atoms with Crippen LogP contribution in [-0.2, 0) is 4.79 Å². The Labute approximate surface area is 124 Å². The Hall–Kier alpha value is -2.24. The molecule has 0 bridgehead atoms. The minimum atomic E-state index is -0.471. The van der Waals surface area contributed by atoms with Gasteiger partial charge in [0.05, 0.1) is 0 Å². The number of urea groups is 1. The van der Waals surface area contributed by atoms with E-state index < -0.39 is 11.9 Å². The van der Waals surface area contributed by atoms with Crippen LogP contribution in [0.2, 0.25) is 0 Å². The molecule has 1 aromatic carbocycles. The van der Waals surface area contributed by atoms with Crippen LogP contribution in [0.15, 0.2) is 18.2 Å². The van der Waals surface area contributed by atoms with Gasteiger partial charge in [-0.05, 0) is 43.5 Å². The fourth-order valence-corrected chi connectivity index (χ4v) is 2.43. The number of amides is 3. The molecule has 0 spiro atoms. The molecule has 2 rings (SSSR count). The van der Waals surface area contributed by atoms with E-state index in [2.05, 4.69) is 10.6 Å². The summed E-state index contributed by atoms with van der Waals surface area (Å²) in [5.74, 6) is 0.109. The molecule has 4 N–H and O–H groups in total. The summed E-state index contributed by atoms with van der Waals surface area (Å²) in [5, 5.41) is 5.05. The molecule has 21 heavy (non-hydrogen) atoms. The number of nitrogens with one attached hydrogen (secondary N) is 2. The normalized spacial score (nSPS) is 14.7. The van der Waals surface area contributed by atoms with Gasteiger partial charge in [-0.3, -0.25) is 10.1 Å². The number of nitrogen functional groups attached to an aromatic ring is 1. The van der Waals surface area contributed by atoms with Gasteiger partial charge in [0.2, 0.25) is 0 Å². The predicted octanol–water partition coefficient (Wildman–Crippen LogP) is 1.72. The Balaban J connectivity index is 1.75. The molecule has 1 aromatic rings. The van der Waals surface area contributed by atoms with Crippen molar-refractivity contribution in [3.8, 4) is 5.75 Å². The molecule has 114 valence electrons. The van der Waals surface area contributed by atoms with Gasteiger partial charge in [-0.1, -0.05) is 12.8 Å². The van der Waals surface area contributed by atoms with E-state index >= 15 is 0 Å². The summed E-state index contributed by atoms with van der Waals surface area (Å²) in [6.45, 7) is 1.64. The van der Waals surface area contributed by atoms with Crippen molar-refractivity contribution in [2.45, 2.75) is 38.6 Å². The first-order valence-corrected chi connectivity index (χ1v) is 7.14. The number of hydrogen-bond acceptors (Lipinski definition) is 4. The number of imide groups is 1. The highest BCUT2D eigenvalue weighted by Crippen LogP contribution is 2.20. The number of nitrogens with two attached hydrogens (primary N) is 1. The summed E-state index contributed by atoms with van der Waals surface area (Å²) in [6, 6.07) is 4.89. The SMILES string of the molecule is Cc1cc(N)ccc1OCC(=O)NC(=O)NC1CCCC1. The average molecular weight is 291 g/mol. The van der Waals surface area contributed by atoms with Crippen LogP contribution in [0.25, 0.3) is 0 Å². The third-order valence-electron chi connectivity index (χ3n) is 3.50. The topological polar surface area (TPSA) is 93.4 Å². The van der Waals surface area contributed by atoms with E-state index in [0.29, 0.717) is 11.4 Å². The Morgan fingerprint density at radius 1 is 1.33 bits per heavy atom.